The molecule has 1 heterocycles. The van der Waals surface area contributed by atoms with Crippen LogP contribution in [-0.2, 0) is 6.18 Å². The summed E-state index contributed by atoms with van der Waals surface area (Å²) >= 11 is 0. The molecule has 1 aromatic heterocycles. The molecule has 35 heavy (non-hydrogen) atoms. The first-order valence-corrected chi connectivity index (χ1v) is 10.9. The second kappa shape index (κ2) is 11.5. The van der Waals surface area contributed by atoms with E-state index >= 15 is 0 Å². The van der Waals surface area contributed by atoms with E-state index in [9.17, 15) is 22.8 Å². The monoisotopic (exact) mass is 490 g/mol. The highest BCUT2D eigenvalue weighted by Gasteiger charge is 2.30. The maximum Gasteiger partial charge on any atom is 0.416 e. The summed E-state index contributed by atoms with van der Waals surface area (Å²) in [6, 6.07) is 12.7. The number of carbonyl (C=O) groups excluding carboxylic acids is 1. The summed E-state index contributed by atoms with van der Waals surface area (Å²) in [4.78, 5) is 31.1. The van der Waals surface area contributed by atoms with Gasteiger partial charge in [0.05, 0.1) is 25.9 Å². The minimum absolute atomic E-state index is 0.0308. The van der Waals surface area contributed by atoms with Crippen LogP contribution in [0.1, 0.15) is 47.3 Å². The summed E-state index contributed by atoms with van der Waals surface area (Å²) in [6.07, 6.45) is -3.96. The number of benzene rings is 2. The number of H-pyrrole nitrogens is 1. The number of hydrogen-bond donors (Lipinski definition) is 1. The maximum atomic E-state index is 12.7. The van der Waals surface area contributed by atoms with Crippen molar-refractivity contribution >= 4 is 5.78 Å². The van der Waals surface area contributed by atoms with Crippen molar-refractivity contribution in [2.75, 3.05) is 20.3 Å². The van der Waals surface area contributed by atoms with Crippen molar-refractivity contribution in [1.82, 2.24) is 9.97 Å². The summed E-state index contributed by atoms with van der Waals surface area (Å²) < 4.78 is 54.4. The lowest BCUT2D eigenvalue weighted by molar-refractivity contribution is -0.137. The molecule has 0 spiro atoms. The number of Topliss-reactive ketones (excluding diaryl/α,β-unsaturated/α-hetero) is 1. The van der Waals surface area contributed by atoms with Crippen LogP contribution in [0, 0.1) is 0 Å². The van der Waals surface area contributed by atoms with Gasteiger partial charge in [-0.25, -0.2) is 0 Å². The van der Waals surface area contributed by atoms with E-state index in [1.165, 1.54) is 12.1 Å². The molecule has 1 atom stereocenters. The van der Waals surface area contributed by atoms with E-state index < -0.39 is 23.1 Å². The van der Waals surface area contributed by atoms with Gasteiger partial charge < -0.3 is 14.2 Å². The average Bonchev–Trinajstić information content (AvgIpc) is 2.83. The highest BCUT2D eigenvalue weighted by atomic mass is 19.4. The van der Waals surface area contributed by atoms with Gasteiger partial charge in [0.1, 0.15) is 17.2 Å². The number of rotatable bonds is 11. The van der Waals surface area contributed by atoms with Crippen LogP contribution in [0.15, 0.2) is 59.4 Å². The van der Waals surface area contributed by atoms with Crippen LogP contribution in [0.2, 0.25) is 0 Å². The first-order valence-electron chi connectivity index (χ1n) is 10.9. The van der Waals surface area contributed by atoms with Gasteiger partial charge in [0.25, 0.3) is 11.6 Å². The largest absolute Gasteiger partial charge is 0.497 e. The summed E-state index contributed by atoms with van der Waals surface area (Å²) in [7, 11) is 1.58. The second-order valence-corrected chi connectivity index (χ2v) is 7.81. The molecule has 0 saturated carbocycles. The molecule has 2 aromatic carbocycles. The Bertz CT molecular complexity index is 1180. The van der Waals surface area contributed by atoms with Gasteiger partial charge in [-0.3, -0.25) is 14.6 Å². The van der Waals surface area contributed by atoms with Gasteiger partial charge in [-0.2, -0.15) is 18.2 Å². The van der Waals surface area contributed by atoms with Gasteiger partial charge in [0, 0.05) is 18.9 Å². The number of alkyl halides is 3. The molecule has 10 heteroatoms. The van der Waals surface area contributed by atoms with Crippen LogP contribution in [-0.4, -0.2) is 36.1 Å². The Balaban J connectivity index is 1.52. The Kier molecular flexibility index (Phi) is 8.51. The molecule has 1 N–H and O–H groups in total. The molecule has 0 fully saturated rings. The number of carbonyl (C=O) groups is 1. The van der Waals surface area contributed by atoms with Gasteiger partial charge in [0.2, 0.25) is 0 Å². The van der Waals surface area contributed by atoms with Gasteiger partial charge >= 0.3 is 6.18 Å². The first-order chi connectivity index (χ1) is 16.7. The third-order valence-corrected chi connectivity index (χ3v) is 5.16. The van der Waals surface area contributed by atoms with Gasteiger partial charge in [-0.05, 0) is 47.9 Å². The zero-order valence-corrected chi connectivity index (χ0v) is 19.2. The van der Waals surface area contributed by atoms with E-state index in [-0.39, 0.29) is 30.7 Å². The molecule has 0 amide bonds. The lowest BCUT2D eigenvalue weighted by Gasteiger charge is -2.13. The number of ether oxygens (including phenoxy) is 3. The quantitative estimate of drug-likeness (QED) is 0.300. The van der Waals surface area contributed by atoms with E-state index in [0.717, 1.165) is 23.9 Å². The Morgan fingerprint density at radius 2 is 1.63 bits per heavy atom. The van der Waals surface area contributed by atoms with Crippen molar-refractivity contribution in [3.05, 3.63) is 81.8 Å². The lowest BCUT2D eigenvalue weighted by atomic mass is 9.94. The number of nitrogens with zero attached hydrogens (tertiary/aromatic N) is 1. The number of aromatic nitrogens is 2. The van der Waals surface area contributed by atoms with Crippen molar-refractivity contribution in [1.29, 1.82) is 0 Å². The van der Waals surface area contributed by atoms with Crippen molar-refractivity contribution in [2.45, 2.75) is 31.9 Å². The Labute approximate surface area is 199 Å². The Morgan fingerprint density at radius 3 is 2.26 bits per heavy atom. The number of hydrogen-bond acceptors (Lipinski definition) is 6. The summed E-state index contributed by atoms with van der Waals surface area (Å²) in [5.41, 5.74) is -0.802. The molecule has 0 aliphatic heterocycles. The molecule has 1 unspecified atom stereocenters. The molecule has 0 radical (unpaired) electrons. The second-order valence-electron chi connectivity index (χ2n) is 7.81. The third kappa shape index (κ3) is 7.59. The number of methoxy groups -OCH3 is 1. The molecule has 186 valence electrons. The molecular formula is C25H25F3N2O5. The van der Waals surface area contributed by atoms with Crippen molar-refractivity contribution in [3.8, 4) is 17.5 Å². The summed E-state index contributed by atoms with van der Waals surface area (Å²) in [5, 5.41) is 0. The smallest absolute Gasteiger partial charge is 0.416 e. The minimum Gasteiger partial charge on any atom is -0.497 e. The van der Waals surface area contributed by atoms with Crippen LogP contribution in [0.4, 0.5) is 13.2 Å². The molecule has 0 aliphatic carbocycles. The predicted octanol–water partition coefficient (Wildman–Crippen LogP) is 5.02. The fourth-order valence-electron chi connectivity index (χ4n) is 3.24. The van der Waals surface area contributed by atoms with Crippen LogP contribution in [0.25, 0.3) is 0 Å². The maximum absolute atomic E-state index is 12.7. The number of ketones is 1. The SMILES string of the molecule is COc1ccc(OCCCOc2nc(C(=O)CC(C)c3ccc(C(F)(F)F)cc3)cc(=O)[nH]2)cc1. The molecule has 3 aromatic rings. The summed E-state index contributed by atoms with van der Waals surface area (Å²) in [6.45, 7) is 2.27. The van der Waals surface area contributed by atoms with Gasteiger partial charge in [-0.15, -0.1) is 0 Å². The van der Waals surface area contributed by atoms with Gasteiger partial charge in [0.15, 0.2) is 5.78 Å². The lowest BCUT2D eigenvalue weighted by Crippen LogP contribution is -2.17. The predicted molar refractivity (Wildman–Crippen MR) is 122 cm³/mol. The molecule has 7 nitrogen and oxygen atoms in total. The van der Waals surface area contributed by atoms with Crippen LogP contribution >= 0.6 is 0 Å². The van der Waals surface area contributed by atoms with E-state index in [2.05, 4.69) is 9.97 Å². The van der Waals surface area contributed by atoms with Crippen LogP contribution in [0.3, 0.4) is 0 Å². The minimum atomic E-state index is -4.43. The standard InChI is InChI=1S/C25H25F3N2O5/c1-16(17-4-6-18(7-5-17)25(26,27)28)14-22(31)21-15-23(32)30-24(29-21)35-13-3-12-34-20-10-8-19(33-2)9-11-20/h4-11,15-16H,3,12-14H2,1-2H3,(H,29,30,32). The van der Waals surface area contributed by atoms with Gasteiger partial charge in [-0.1, -0.05) is 19.1 Å². The molecule has 0 aliphatic rings. The topological polar surface area (TPSA) is 90.5 Å². The molecular weight excluding hydrogens is 465 g/mol. The van der Waals surface area contributed by atoms with Crippen LogP contribution in [0.5, 0.6) is 17.5 Å². The van der Waals surface area contributed by atoms with E-state index in [4.69, 9.17) is 14.2 Å². The Morgan fingerprint density at radius 1 is 1.00 bits per heavy atom. The molecule has 0 saturated heterocycles. The molecule has 3 rings (SSSR count). The number of halogens is 3. The first kappa shape index (κ1) is 25.8. The number of nitrogens with one attached hydrogen (secondary N) is 1. The Hall–Kier alpha value is -3.82. The van der Waals surface area contributed by atoms with Crippen molar-refractivity contribution in [2.24, 2.45) is 0 Å². The fourth-order valence-corrected chi connectivity index (χ4v) is 3.24. The van der Waals surface area contributed by atoms with Crippen molar-refractivity contribution < 1.29 is 32.2 Å². The fraction of sp³-hybridized carbons (Fsp3) is 0.320. The van der Waals surface area contributed by atoms with Crippen LogP contribution < -0.4 is 19.8 Å². The van der Waals surface area contributed by atoms with Crippen molar-refractivity contribution in [3.63, 3.8) is 0 Å². The van der Waals surface area contributed by atoms with E-state index in [1.54, 1.807) is 38.3 Å². The zero-order chi connectivity index (χ0) is 25.4. The number of aromatic amines is 1. The van der Waals surface area contributed by atoms with E-state index in [0.29, 0.717) is 24.3 Å². The highest BCUT2D eigenvalue weighted by molar-refractivity contribution is 5.94. The molecule has 0 bridgehead atoms. The summed E-state index contributed by atoms with van der Waals surface area (Å²) in [5.74, 6) is 0.604. The zero-order valence-electron chi connectivity index (χ0n) is 19.2. The normalized spacial score (nSPS) is 12.1. The average molecular weight is 490 g/mol. The highest BCUT2D eigenvalue weighted by Crippen LogP contribution is 2.31. The van der Waals surface area contributed by atoms with E-state index in [1.807, 2.05) is 0 Å². The third-order valence-electron chi connectivity index (χ3n) is 5.16.